The van der Waals surface area contributed by atoms with Crippen LogP contribution in [0.5, 0.6) is 0 Å². The average molecular weight is 321 g/mol. The van der Waals surface area contributed by atoms with Gasteiger partial charge < -0.3 is 5.11 Å². The molecule has 1 heterocycles. The smallest absolute Gasteiger partial charge is 0.122 e. The Morgan fingerprint density at radius 2 is 1.62 bits per heavy atom. The van der Waals surface area contributed by atoms with Gasteiger partial charge in [-0.25, -0.2) is 0 Å². The van der Waals surface area contributed by atoms with Crippen molar-refractivity contribution in [2.24, 2.45) is 0 Å². The molecule has 0 aromatic heterocycles. The number of hydrogen-bond donors (Lipinski definition) is 1. The van der Waals surface area contributed by atoms with Crippen LogP contribution in [0.4, 0.5) is 0 Å². The first kappa shape index (κ1) is 15.9. The summed E-state index contributed by atoms with van der Waals surface area (Å²) in [6, 6.07) is 17.4. The lowest BCUT2D eigenvalue weighted by Crippen LogP contribution is -2.54. The van der Waals surface area contributed by atoms with E-state index in [4.69, 9.17) is 0 Å². The minimum atomic E-state index is -0.648. The topological polar surface area (TPSA) is 23.5 Å². The summed E-state index contributed by atoms with van der Waals surface area (Å²) in [5.41, 5.74) is 4.99. The van der Waals surface area contributed by atoms with E-state index in [2.05, 4.69) is 60.4 Å². The molecule has 0 saturated carbocycles. The lowest BCUT2D eigenvalue weighted by molar-refractivity contribution is -0.126. The normalized spacial score (nSPS) is 25.4. The van der Waals surface area contributed by atoms with Crippen molar-refractivity contribution in [3.63, 3.8) is 0 Å². The van der Waals surface area contributed by atoms with Gasteiger partial charge in [0, 0.05) is 19.5 Å². The first-order chi connectivity index (χ1) is 11.7. The van der Waals surface area contributed by atoms with E-state index in [0.717, 1.165) is 45.2 Å². The second kappa shape index (κ2) is 6.34. The van der Waals surface area contributed by atoms with Gasteiger partial charge in [0.15, 0.2) is 0 Å². The van der Waals surface area contributed by atoms with E-state index in [1.165, 1.54) is 22.3 Å². The third-order valence-corrected chi connectivity index (χ3v) is 6.10. The molecule has 0 amide bonds. The van der Waals surface area contributed by atoms with Crippen LogP contribution in [0.1, 0.15) is 47.4 Å². The van der Waals surface area contributed by atoms with Gasteiger partial charge in [0.2, 0.25) is 0 Å². The highest BCUT2D eigenvalue weighted by molar-refractivity contribution is 5.32. The fourth-order valence-electron chi connectivity index (χ4n) is 4.62. The van der Waals surface area contributed by atoms with Crippen molar-refractivity contribution in [2.45, 2.75) is 50.7 Å². The van der Waals surface area contributed by atoms with Crippen LogP contribution in [-0.2, 0) is 12.8 Å². The van der Waals surface area contributed by atoms with Gasteiger partial charge in [-0.3, -0.25) is 4.90 Å². The molecular weight excluding hydrogens is 294 g/mol. The highest BCUT2D eigenvalue weighted by Crippen LogP contribution is 2.37. The molecule has 1 fully saturated rings. The maximum absolute atomic E-state index is 11.3. The van der Waals surface area contributed by atoms with Gasteiger partial charge in [-0.05, 0) is 60.8 Å². The Labute approximate surface area is 145 Å². The first-order valence-electron chi connectivity index (χ1n) is 9.25. The summed E-state index contributed by atoms with van der Waals surface area (Å²) in [4.78, 5) is 2.34. The summed E-state index contributed by atoms with van der Waals surface area (Å²) in [7, 11) is 0. The SMILES string of the molecule is Cc1ccccc1C1CCN([C@@]2(O)CCc3ccccc3C2)CC1. The molecule has 2 aliphatic rings. The molecular formula is C22H27NO. The van der Waals surface area contributed by atoms with Crippen LogP contribution in [-0.4, -0.2) is 28.8 Å². The number of likely N-dealkylation sites (tertiary alicyclic amines) is 1. The first-order valence-corrected chi connectivity index (χ1v) is 9.25. The van der Waals surface area contributed by atoms with Crippen LogP contribution in [0.3, 0.4) is 0 Å². The number of hydrogen-bond acceptors (Lipinski definition) is 2. The monoisotopic (exact) mass is 321 g/mol. The molecule has 2 nitrogen and oxygen atoms in total. The third-order valence-electron chi connectivity index (χ3n) is 6.10. The van der Waals surface area contributed by atoms with Gasteiger partial charge in [0.1, 0.15) is 5.72 Å². The average Bonchev–Trinajstić information content (AvgIpc) is 2.62. The van der Waals surface area contributed by atoms with Crippen molar-refractivity contribution in [1.82, 2.24) is 4.90 Å². The van der Waals surface area contributed by atoms with Crippen LogP contribution in [0.15, 0.2) is 48.5 Å². The molecule has 126 valence electrons. The van der Waals surface area contributed by atoms with Gasteiger partial charge in [-0.2, -0.15) is 0 Å². The van der Waals surface area contributed by atoms with E-state index in [-0.39, 0.29) is 0 Å². The Morgan fingerprint density at radius 3 is 2.38 bits per heavy atom. The van der Waals surface area contributed by atoms with Crippen molar-refractivity contribution in [3.05, 3.63) is 70.8 Å². The Kier molecular flexibility index (Phi) is 4.19. The molecule has 24 heavy (non-hydrogen) atoms. The fraction of sp³-hybridized carbons (Fsp3) is 0.455. The Balaban J connectivity index is 1.45. The highest BCUT2D eigenvalue weighted by Gasteiger charge is 2.39. The van der Waals surface area contributed by atoms with Gasteiger partial charge in [-0.15, -0.1) is 0 Å². The summed E-state index contributed by atoms with van der Waals surface area (Å²) in [6.07, 6.45) is 4.92. The maximum atomic E-state index is 11.3. The standard InChI is InChI=1S/C22H27NO/c1-17-6-2-5-9-21(17)19-11-14-23(15-12-19)22(24)13-10-18-7-3-4-8-20(18)16-22/h2-9,19,24H,10-16H2,1H3/t22-/m1/s1. The maximum Gasteiger partial charge on any atom is 0.122 e. The van der Waals surface area contributed by atoms with Crippen molar-refractivity contribution >= 4 is 0 Å². The highest BCUT2D eigenvalue weighted by atomic mass is 16.3. The van der Waals surface area contributed by atoms with Gasteiger partial charge in [0.25, 0.3) is 0 Å². The zero-order valence-electron chi connectivity index (χ0n) is 14.5. The molecule has 2 aromatic carbocycles. The third kappa shape index (κ3) is 2.89. The largest absolute Gasteiger partial charge is 0.375 e. The molecule has 1 atom stereocenters. The Morgan fingerprint density at radius 1 is 0.958 bits per heavy atom. The van der Waals surface area contributed by atoms with E-state index in [1.54, 1.807) is 0 Å². The van der Waals surface area contributed by atoms with Crippen LogP contribution in [0, 0.1) is 6.92 Å². The Bertz CT molecular complexity index is 717. The predicted octanol–water partition coefficient (Wildman–Crippen LogP) is 4.05. The number of aliphatic hydroxyl groups is 1. The molecule has 0 spiro atoms. The molecule has 0 bridgehead atoms. The number of benzene rings is 2. The van der Waals surface area contributed by atoms with Crippen LogP contribution >= 0.6 is 0 Å². The number of piperidine rings is 1. The second-order valence-corrected chi connectivity index (χ2v) is 7.55. The van der Waals surface area contributed by atoms with E-state index >= 15 is 0 Å². The van der Waals surface area contributed by atoms with E-state index in [0.29, 0.717) is 5.92 Å². The number of rotatable bonds is 2. The molecule has 0 unspecified atom stereocenters. The summed E-state index contributed by atoms with van der Waals surface area (Å²) in [6.45, 7) is 4.21. The zero-order chi connectivity index (χ0) is 16.6. The zero-order valence-corrected chi connectivity index (χ0v) is 14.5. The Hall–Kier alpha value is -1.64. The van der Waals surface area contributed by atoms with Crippen molar-refractivity contribution in [1.29, 1.82) is 0 Å². The number of fused-ring (bicyclic) bond motifs is 1. The minimum Gasteiger partial charge on any atom is -0.375 e. The predicted molar refractivity (Wildman–Crippen MR) is 98.1 cm³/mol. The minimum absolute atomic E-state index is 0.641. The molecule has 1 aliphatic carbocycles. The van der Waals surface area contributed by atoms with E-state index in [9.17, 15) is 5.11 Å². The van der Waals surface area contributed by atoms with Crippen molar-refractivity contribution in [3.8, 4) is 0 Å². The quantitative estimate of drug-likeness (QED) is 0.902. The van der Waals surface area contributed by atoms with Crippen LogP contribution < -0.4 is 0 Å². The summed E-state index contributed by atoms with van der Waals surface area (Å²) in [5.74, 6) is 0.641. The van der Waals surface area contributed by atoms with Gasteiger partial charge in [0.05, 0.1) is 0 Å². The van der Waals surface area contributed by atoms with Crippen molar-refractivity contribution in [2.75, 3.05) is 13.1 Å². The van der Waals surface area contributed by atoms with E-state index in [1.807, 2.05) is 0 Å². The van der Waals surface area contributed by atoms with E-state index < -0.39 is 5.72 Å². The number of nitrogens with zero attached hydrogens (tertiary/aromatic N) is 1. The summed E-state index contributed by atoms with van der Waals surface area (Å²) in [5, 5.41) is 11.3. The van der Waals surface area contributed by atoms with Crippen LogP contribution in [0.25, 0.3) is 0 Å². The summed E-state index contributed by atoms with van der Waals surface area (Å²) < 4.78 is 0. The molecule has 2 heteroatoms. The van der Waals surface area contributed by atoms with Gasteiger partial charge in [-0.1, -0.05) is 48.5 Å². The summed E-state index contributed by atoms with van der Waals surface area (Å²) >= 11 is 0. The molecule has 4 rings (SSSR count). The second-order valence-electron chi connectivity index (χ2n) is 7.55. The molecule has 0 radical (unpaired) electrons. The van der Waals surface area contributed by atoms with Crippen molar-refractivity contribution < 1.29 is 5.11 Å². The van der Waals surface area contributed by atoms with Gasteiger partial charge >= 0.3 is 0 Å². The number of aryl methyl sites for hydroxylation is 2. The lowest BCUT2D eigenvalue weighted by atomic mass is 9.81. The molecule has 1 N–H and O–H groups in total. The lowest BCUT2D eigenvalue weighted by Gasteiger charge is -2.46. The molecule has 2 aromatic rings. The molecule has 1 aliphatic heterocycles. The fourth-order valence-corrected chi connectivity index (χ4v) is 4.62. The molecule has 1 saturated heterocycles. The van der Waals surface area contributed by atoms with Crippen LogP contribution in [0.2, 0.25) is 0 Å².